The molecular formula is C23H24FN7O. The second-order valence-electron chi connectivity index (χ2n) is 7.31. The Bertz CT molecular complexity index is 1110. The van der Waals surface area contributed by atoms with E-state index in [2.05, 4.69) is 31.1 Å². The molecule has 8 nitrogen and oxygen atoms in total. The summed E-state index contributed by atoms with van der Waals surface area (Å²) < 4.78 is 15.4. The zero-order chi connectivity index (χ0) is 22.3. The fourth-order valence-electron chi connectivity index (χ4n) is 3.39. The van der Waals surface area contributed by atoms with Crippen LogP contribution in [-0.2, 0) is 13.6 Å². The summed E-state index contributed by atoms with van der Waals surface area (Å²) in [6.45, 7) is -0.261. The number of alkyl halides is 1. The van der Waals surface area contributed by atoms with E-state index in [4.69, 9.17) is 0 Å². The fraction of sp³-hybridized carbons (Fsp3) is 0.217. The van der Waals surface area contributed by atoms with E-state index < -0.39 is 12.7 Å². The monoisotopic (exact) mass is 433 g/mol. The van der Waals surface area contributed by atoms with Crippen molar-refractivity contribution in [3.05, 3.63) is 89.6 Å². The number of nitrogens with one attached hydrogen (secondary N) is 3. The van der Waals surface area contributed by atoms with E-state index in [0.29, 0.717) is 12.1 Å². The summed E-state index contributed by atoms with van der Waals surface area (Å²) in [5, 5.41) is 17.4. The Balaban J connectivity index is 1.41. The molecule has 2 heterocycles. The summed E-state index contributed by atoms with van der Waals surface area (Å²) in [7, 11) is 1.89. The largest absolute Gasteiger partial charge is 0.378 e. The lowest BCUT2D eigenvalue weighted by molar-refractivity contribution is 0.0930. The van der Waals surface area contributed by atoms with Crippen molar-refractivity contribution in [2.75, 3.05) is 12.0 Å². The van der Waals surface area contributed by atoms with Crippen LogP contribution in [0.25, 0.3) is 0 Å². The first kappa shape index (κ1) is 21.2. The molecule has 164 valence electrons. The van der Waals surface area contributed by atoms with Crippen molar-refractivity contribution in [3.63, 3.8) is 0 Å². The van der Waals surface area contributed by atoms with Gasteiger partial charge in [-0.05, 0) is 29.8 Å². The van der Waals surface area contributed by atoms with E-state index in [1.54, 1.807) is 36.7 Å². The molecule has 0 aliphatic carbocycles. The predicted octanol–water partition coefficient (Wildman–Crippen LogP) is 3.05. The zero-order valence-electron chi connectivity index (χ0n) is 17.6. The van der Waals surface area contributed by atoms with E-state index in [9.17, 15) is 9.18 Å². The summed E-state index contributed by atoms with van der Waals surface area (Å²) in [4.78, 5) is 17.0. The number of hydrogen-bond acceptors (Lipinski definition) is 6. The van der Waals surface area contributed by atoms with Crippen LogP contribution in [0.1, 0.15) is 39.7 Å². The molecule has 3 N–H and O–H groups in total. The highest BCUT2D eigenvalue weighted by atomic mass is 19.1. The molecule has 9 heteroatoms. The predicted molar refractivity (Wildman–Crippen MR) is 121 cm³/mol. The van der Waals surface area contributed by atoms with Crippen LogP contribution in [0.5, 0.6) is 0 Å². The van der Waals surface area contributed by atoms with Crippen LogP contribution >= 0.6 is 0 Å². The van der Waals surface area contributed by atoms with Crippen molar-refractivity contribution in [1.82, 2.24) is 25.4 Å². The molecule has 1 unspecified atom stereocenters. The lowest BCUT2D eigenvalue weighted by atomic mass is 10.1. The number of aromatic nitrogens is 3. The minimum Gasteiger partial charge on any atom is -0.378 e. The van der Waals surface area contributed by atoms with E-state index in [0.717, 1.165) is 22.9 Å². The molecular weight excluding hydrogens is 409 g/mol. The number of benzene rings is 2. The minimum atomic E-state index is -0.691. The van der Waals surface area contributed by atoms with Gasteiger partial charge in [-0.25, -0.2) is 4.39 Å². The normalized spacial score (nSPS) is 15.8. The first-order chi connectivity index (χ1) is 15.7. The van der Waals surface area contributed by atoms with Crippen LogP contribution in [0, 0.1) is 0 Å². The Morgan fingerprint density at radius 1 is 1.19 bits per heavy atom. The number of amides is 1. The number of halogens is 1. The Labute approximate surface area is 185 Å². The number of aliphatic imine (C=N–C) groups is 1. The first-order valence-corrected chi connectivity index (χ1v) is 10.2. The molecule has 0 bridgehead atoms. The fourth-order valence-corrected chi connectivity index (χ4v) is 3.39. The Morgan fingerprint density at radius 2 is 2.03 bits per heavy atom. The molecule has 0 saturated heterocycles. The highest BCUT2D eigenvalue weighted by molar-refractivity contribution is 5.95. The molecule has 2 atom stereocenters. The number of carbonyl (C=O) groups is 1. The summed E-state index contributed by atoms with van der Waals surface area (Å²) in [5.74, 6) is 1.14. The number of hydrogen-bond donors (Lipinski definition) is 3. The SMILES string of the molecule is Cn1c(CNc2cccc(C(=O)N[C@@H](CF)c3ccccc3)c2)nnc1C1C=CNC=N1. The quantitative estimate of drug-likeness (QED) is 0.507. The summed E-state index contributed by atoms with van der Waals surface area (Å²) in [6.07, 6.45) is 5.34. The third-order valence-corrected chi connectivity index (χ3v) is 5.18. The van der Waals surface area contributed by atoms with Gasteiger partial charge in [0.25, 0.3) is 5.91 Å². The molecule has 0 radical (unpaired) electrons. The highest BCUT2D eigenvalue weighted by Gasteiger charge is 2.18. The third kappa shape index (κ3) is 4.83. The van der Waals surface area contributed by atoms with Gasteiger partial charge in [0.1, 0.15) is 12.7 Å². The van der Waals surface area contributed by atoms with Crippen molar-refractivity contribution < 1.29 is 9.18 Å². The Morgan fingerprint density at radius 3 is 2.78 bits per heavy atom. The van der Waals surface area contributed by atoms with E-state index in [1.807, 2.05) is 48.2 Å². The van der Waals surface area contributed by atoms with Crippen LogP contribution in [0.2, 0.25) is 0 Å². The van der Waals surface area contributed by atoms with Crippen LogP contribution in [0.15, 0.2) is 71.9 Å². The van der Waals surface area contributed by atoms with Gasteiger partial charge in [-0.15, -0.1) is 10.2 Å². The average Bonchev–Trinajstić information content (AvgIpc) is 3.22. The maximum absolute atomic E-state index is 13.5. The second-order valence-corrected chi connectivity index (χ2v) is 7.31. The molecule has 1 aliphatic rings. The van der Waals surface area contributed by atoms with Gasteiger partial charge in [0.2, 0.25) is 0 Å². The first-order valence-electron chi connectivity index (χ1n) is 10.2. The van der Waals surface area contributed by atoms with Gasteiger partial charge in [-0.2, -0.15) is 0 Å². The molecule has 0 fully saturated rings. The summed E-state index contributed by atoms with van der Waals surface area (Å²) >= 11 is 0. The number of rotatable bonds is 8. The van der Waals surface area contributed by atoms with Gasteiger partial charge < -0.3 is 20.5 Å². The Hall–Kier alpha value is -4.01. The molecule has 0 saturated carbocycles. The molecule has 1 amide bonds. The average molecular weight is 433 g/mol. The van der Waals surface area contributed by atoms with Crippen LogP contribution in [-0.4, -0.2) is 33.7 Å². The second kappa shape index (κ2) is 9.86. The molecule has 32 heavy (non-hydrogen) atoms. The number of carbonyl (C=O) groups excluding carboxylic acids is 1. The maximum atomic E-state index is 13.5. The molecule has 0 spiro atoms. The van der Waals surface area contributed by atoms with Gasteiger partial charge in [0.15, 0.2) is 11.6 Å². The number of anilines is 1. The highest BCUT2D eigenvalue weighted by Crippen LogP contribution is 2.19. The zero-order valence-corrected chi connectivity index (χ0v) is 17.6. The van der Waals surface area contributed by atoms with Crippen LogP contribution in [0.3, 0.4) is 0 Å². The van der Waals surface area contributed by atoms with Crippen molar-refractivity contribution >= 4 is 17.9 Å². The van der Waals surface area contributed by atoms with Gasteiger partial charge >= 0.3 is 0 Å². The van der Waals surface area contributed by atoms with Gasteiger partial charge in [0, 0.05) is 24.5 Å². The smallest absolute Gasteiger partial charge is 0.251 e. The summed E-state index contributed by atoms with van der Waals surface area (Å²) in [6, 6.07) is 15.3. The molecule has 4 rings (SSSR count). The van der Waals surface area contributed by atoms with Crippen molar-refractivity contribution in [2.24, 2.45) is 12.0 Å². The lowest BCUT2D eigenvalue weighted by Crippen LogP contribution is -2.29. The molecule has 3 aromatic rings. The van der Waals surface area contributed by atoms with Crippen molar-refractivity contribution in [1.29, 1.82) is 0 Å². The van der Waals surface area contributed by atoms with Crippen molar-refractivity contribution in [2.45, 2.75) is 18.6 Å². The topological polar surface area (TPSA) is 96.2 Å². The number of nitrogens with zero attached hydrogens (tertiary/aromatic N) is 4. The van der Waals surface area contributed by atoms with Crippen molar-refractivity contribution in [3.8, 4) is 0 Å². The van der Waals surface area contributed by atoms with Crippen LogP contribution in [0.4, 0.5) is 10.1 Å². The van der Waals surface area contributed by atoms with Gasteiger partial charge in [0.05, 0.1) is 18.9 Å². The molecule has 1 aliphatic heterocycles. The maximum Gasteiger partial charge on any atom is 0.251 e. The third-order valence-electron chi connectivity index (χ3n) is 5.18. The molecule has 2 aromatic carbocycles. The summed E-state index contributed by atoms with van der Waals surface area (Å²) in [5.41, 5.74) is 1.92. The lowest BCUT2D eigenvalue weighted by Gasteiger charge is -2.16. The van der Waals surface area contributed by atoms with E-state index in [-0.39, 0.29) is 11.9 Å². The minimum absolute atomic E-state index is 0.178. The Kier molecular flexibility index (Phi) is 6.54. The van der Waals surface area contributed by atoms with E-state index in [1.165, 1.54) is 0 Å². The van der Waals surface area contributed by atoms with Gasteiger partial charge in [-0.1, -0.05) is 36.4 Å². The van der Waals surface area contributed by atoms with E-state index >= 15 is 0 Å². The standard InChI is InChI=1S/C23H24FN7O/c1-31-21(29-30-22(31)19-10-11-25-15-27-19)14-26-18-9-5-8-17(12-18)23(32)28-20(13-24)16-6-3-2-4-7-16/h2-12,15,19-20,26H,13-14H2,1H3,(H,25,27)(H,28,32)/t19?,20-/m0/s1. The van der Waals surface area contributed by atoms with Gasteiger partial charge in [-0.3, -0.25) is 9.79 Å². The van der Waals surface area contributed by atoms with Crippen LogP contribution < -0.4 is 16.0 Å². The molecule has 1 aromatic heterocycles.